The summed E-state index contributed by atoms with van der Waals surface area (Å²) in [5, 5.41) is 9.55. The molecule has 94 valence electrons. The molecule has 0 amide bonds. The molecule has 3 atom stereocenters. The number of rotatable bonds is 5. The van der Waals surface area contributed by atoms with E-state index in [2.05, 4.69) is 19.9 Å². The van der Waals surface area contributed by atoms with Crippen molar-refractivity contribution in [3.05, 3.63) is 29.3 Å². The molecule has 17 heavy (non-hydrogen) atoms. The van der Waals surface area contributed by atoms with Gasteiger partial charge in [0.1, 0.15) is 5.75 Å². The molecule has 1 N–H and O–H groups in total. The highest BCUT2D eigenvalue weighted by Crippen LogP contribution is 2.36. The summed E-state index contributed by atoms with van der Waals surface area (Å²) in [6.07, 6.45) is 4.30. The Morgan fingerprint density at radius 3 is 2.59 bits per heavy atom. The third-order valence-electron chi connectivity index (χ3n) is 3.79. The molecule has 2 rings (SSSR count). The lowest BCUT2D eigenvalue weighted by molar-refractivity contribution is 0.349. The van der Waals surface area contributed by atoms with Crippen LogP contribution >= 0.6 is 0 Å². The SMILES string of the molecule is CCC(CC1OC1CC)c1ccc(O)c(C)c1. The number of aromatic hydroxyl groups is 1. The maximum absolute atomic E-state index is 9.55. The summed E-state index contributed by atoms with van der Waals surface area (Å²) in [6, 6.07) is 5.95. The molecule has 1 aromatic carbocycles. The largest absolute Gasteiger partial charge is 0.508 e. The summed E-state index contributed by atoms with van der Waals surface area (Å²) < 4.78 is 5.62. The van der Waals surface area contributed by atoms with Gasteiger partial charge in [-0.3, -0.25) is 0 Å². The van der Waals surface area contributed by atoms with Gasteiger partial charge in [0, 0.05) is 0 Å². The van der Waals surface area contributed by atoms with E-state index < -0.39 is 0 Å². The molecule has 1 aliphatic heterocycles. The number of benzene rings is 1. The summed E-state index contributed by atoms with van der Waals surface area (Å²) >= 11 is 0. The fraction of sp³-hybridized carbons (Fsp3) is 0.600. The fourth-order valence-corrected chi connectivity index (χ4v) is 2.50. The topological polar surface area (TPSA) is 32.8 Å². The Labute approximate surface area is 104 Å². The molecule has 2 nitrogen and oxygen atoms in total. The molecular formula is C15H22O2. The third-order valence-corrected chi connectivity index (χ3v) is 3.79. The second-order valence-corrected chi connectivity index (χ2v) is 5.01. The van der Waals surface area contributed by atoms with Gasteiger partial charge >= 0.3 is 0 Å². The lowest BCUT2D eigenvalue weighted by Crippen LogP contribution is -2.04. The summed E-state index contributed by atoms with van der Waals surface area (Å²) in [5.74, 6) is 0.938. The van der Waals surface area contributed by atoms with Crippen molar-refractivity contribution in [1.82, 2.24) is 0 Å². The standard InChI is InChI=1S/C15H22O2/c1-4-11(9-15-14(5-2)17-15)12-6-7-13(16)10(3)8-12/h6-8,11,14-16H,4-5,9H2,1-3H3. The van der Waals surface area contributed by atoms with E-state index in [-0.39, 0.29) is 0 Å². The van der Waals surface area contributed by atoms with Crippen LogP contribution in [0.25, 0.3) is 0 Å². The van der Waals surface area contributed by atoms with Crippen LogP contribution in [0.3, 0.4) is 0 Å². The molecule has 0 spiro atoms. The van der Waals surface area contributed by atoms with E-state index in [0.717, 1.165) is 24.8 Å². The van der Waals surface area contributed by atoms with Crippen molar-refractivity contribution in [1.29, 1.82) is 0 Å². The minimum absolute atomic E-state index is 0.387. The van der Waals surface area contributed by atoms with Gasteiger partial charge in [0.05, 0.1) is 12.2 Å². The van der Waals surface area contributed by atoms with E-state index in [9.17, 15) is 5.11 Å². The first kappa shape index (κ1) is 12.4. The van der Waals surface area contributed by atoms with Crippen LogP contribution in [-0.2, 0) is 4.74 Å². The maximum Gasteiger partial charge on any atom is 0.118 e. The Morgan fingerprint density at radius 2 is 2.06 bits per heavy atom. The van der Waals surface area contributed by atoms with Crippen LogP contribution in [0.5, 0.6) is 5.75 Å². The molecule has 1 aromatic rings. The lowest BCUT2D eigenvalue weighted by Gasteiger charge is -2.15. The molecule has 0 aromatic heterocycles. The molecule has 2 heteroatoms. The van der Waals surface area contributed by atoms with Gasteiger partial charge in [-0.2, -0.15) is 0 Å². The predicted molar refractivity (Wildman–Crippen MR) is 69.4 cm³/mol. The van der Waals surface area contributed by atoms with Gasteiger partial charge in [0.25, 0.3) is 0 Å². The molecule has 0 radical (unpaired) electrons. The van der Waals surface area contributed by atoms with Crippen LogP contribution in [0.15, 0.2) is 18.2 Å². The first-order valence-corrected chi connectivity index (χ1v) is 6.60. The van der Waals surface area contributed by atoms with Crippen molar-refractivity contribution in [2.75, 3.05) is 0 Å². The molecule has 1 heterocycles. The molecule has 0 aliphatic carbocycles. The maximum atomic E-state index is 9.55. The van der Waals surface area contributed by atoms with E-state index in [1.54, 1.807) is 6.07 Å². The van der Waals surface area contributed by atoms with Gasteiger partial charge in [-0.15, -0.1) is 0 Å². The molecule has 0 saturated carbocycles. The Bertz CT molecular complexity index is 387. The zero-order chi connectivity index (χ0) is 12.4. The third kappa shape index (κ3) is 2.81. The Morgan fingerprint density at radius 1 is 1.29 bits per heavy atom. The molecule has 3 unspecified atom stereocenters. The Kier molecular flexibility index (Phi) is 3.72. The quantitative estimate of drug-likeness (QED) is 0.787. The summed E-state index contributed by atoms with van der Waals surface area (Å²) in [4.78, 5) is 0. The Hall–Kier alpha value is -1.02. The number of phenolic OH excluding ortho intramolecular Hbond substituents is 1. The van der Waals surface area contributed by atoms with Crippen molar-refractivity contribution >= 4 is 0 Å². The number of hydrogen-bond acceptors (Lipinski definition) is 2. The van der Waals surface area contributed by atoms with Crippen molar-refractivity contribution in [3.8, 4) is 5.75 Å². The van der Waals surface area contributed by atoms with Gasteiger partial charge in [0.2, 0.25) is 0 Å². The van der Waals surface area contributed by atoms with Gasteiger partial charge in [-0.1, -0.05) is 26.0 Å². The number of ether oxygens (including phenoxy) is 1. The Balaban J connectivity index is 2.04. The van der Waals surface area contributed by atoms with E-state index in [4.69, 9.17) is 4.74 Å². The van der Waals surface area contributed by atoms with Crippen molar-refractivity contribution in [3.63, 3.8) is 0 Å². The second kappa shape index (κ2) is 5.09. The number of hydrogen-bond donors (Lipinski definition) is 1. The van der Waals surface area contributed by atoms with E-state index in [0.29, 0.717) is 23.9 Å². The van der Waals surface area contributed by atoms with E-state index in [1.807, 2.05) is 13.0 Å². The zero-order valence-electron chi connectivity index (χ0n) is 10.9. The van der Waals surface area contributed by atoms with Crippen LogP contribution in [0.4, 0.5) is 0 Å². The molecule has 1 aliphatic rings. The highest BCUT2D eigenvalue weighted by atomic mass is 16.6. The predicted octanol–water partition coefficient (Wildman–Crippen LogP) is 3.76. The number of phenols is 1. The van der Waals surface area contributed by atoms with E-state index in [1.165, 1.54) is 5.56 Å². The van der Waals surface area contributed by atoms with Crippen LogP contribution in [0.1, 0.15) is 50.2 Å². The van der Waals surface area contributed by atoms with Crippen molar-refractivity contribution < 1.29 is 9.84 Å². The summed E-state index contributed by atoms with van der Waals surface area (Å²) in [5.41, 5.74) is 2.29. The number of epoxide rings is 1. The normalized spacial score (nSPS) is 24.6. The zero-order valence-corrected chi connectivity index (χ0v) is 10.9. The minimum Gasteiger partial charge on any atom is -0.508 e. The van der Waals surface area contributed by atoms with Crippen LogP contribution in [0.2, 0.25) is 0 Å². The first-order chi connectivity index (χ1) is 8.15. The van der Waals surface area contributed by atoms with Crippen LogP contribution in [0, 0.1) is 6.92 Å². The highest BCUT2D eigenvalue weighted by molar-refractivity contribution is 5.36. The van der Waals surface area contributed by atoms with Gasteiger partial charge in [0.15, 0.2) is 0 Å². The van der Waals surface area contributed by atoms with Crippen molar-refractivity contribution in [2.24, 2.45) is 0 Å². The molecular weight excluding hydrogens is 212 g/mol. The monoisotopic (exact) mass is 234 g/mol. The average molecular weight is 234 g/mol. The van der Waals surface area contributed by atoms with Crippen LogP contribution in [-0.4, -0.2) is 17.3 Å². The fourth-order valence-electron chi connectivity index (χ4n) is 2.50. The smallest absolute Gasteiger partial charge is 0.118 e. The van der Waals surface area contributed by atoms with Gasteiger partial charge in [-0.05, 0) is 49.3 Å². The summed E-state index contributed by atoms with van der Waals surface area (Å²) in [7, 11) is 0. The minimum atomic E-state index is 0.387. The molecule has 0 bridgehead atoms. The highest BCUT2D eigenvalue weighted by Gasteiger charge is 2.38. The lowest BCUT2D eigenvalue weighted by atomic mass is 9.90. The molecule has 1 saturated heterocycles. The summed E-state index contributed by atoms with van der Waals surface area (Å²) in [6.45, 7) is 6.35. The van der Waals surface area contributed by atoms with Crippen LogP contribution < -0.4 is 0 Å². The van der Waals surface area contributed by atoms with Crippen molar-refractivity contribution in [2.45, 2.75) is 58.2 Å². The average Bonchev–Trinajstić information content (AvgIpc) is 3.08. The first-order valence-electron chi connectivity index (χ1n) is 6.60. The van der Waals surface area contributed by atoms with Gasteiger partial charge < -0.3 is 9.84 Å². The second-order valence-electron chi connectivity index (χ2n) is 5.01. The molecule has 1 fully saturated rings. The van der Waals surface area contributed by atoms with Gasteiger partial charge in [-0.25, -0.2) is 0 Å². The number of aryl methyl sites for hydroxylation is 1. The van der Waals surface area contributed by atoms with E-state index >= 15 is 0 Å².